The van der Waals surface area contributed by atoms with Gasteiger partial charge >= 0.3 is 0 Å². The van der Waals surface area contributed by atoms with Crippen LogP contribution in [0.5, 0.6) is 0 Å². The SMILES string of the molecule is N#CC1=CNC(=O)CC1. The molecule has 3 nitrogen and oxygen atoms in total. The van der Waals surface area contributed by atoms with Gasteiger partial charge in [-0.3, -0.25) is 4.79 Å². The van der Waals surface area contributed by atoms with Crippen molar-refractivity contribution in [2.24, 2.45) is 0 Å². The van der Waals surface area contributed by atoms with Crippen LogP contribution in [-0.2, 0) is 4.79 Å². The topological polar surface area (TPSA) is 52.9 Å². The first-order valence-corrected chi connectivity index (χ1v) is 2.71. The van der Waals surface area contributed by atoms with Crippen LogP contribution < -0.4 is 5.32 Å². The molecule has 3 heteroatoms. The van der Waals surface area contributed by atoms with Crippen LogP contribution in [-0.4, -0.2) is 5.91 Å². The number of allylic oxidation sites excluding steroid dienone is 1. The van der Waals surface area contributed by atoms with Gasteiger partial charge in [-0.1, -0.05) is 0 Å². The molecule has 9 heavy (non-hydrogen) atoms. The van der Waals surface area contributed by atoms with E-state index in [0.29, 0.717) is 18.4 Å². The summed E-state index contributed by atoms with van der Waals surface area (Å²) in [4.78, 5) is 10.5. The number of amides is 1. The van der Waals surface area contributed by atoms with Crippen molar-refractivity contribution in [2.45, 2.75) is 12.8 Å². The molecule has 0 aromatic rings. The normalized spacial score (nSPS) is 17.7. The number of hydrogen-bond acceptors (Lipinski definition) is 2. The highest BCUT2D eigenvalue weighted by Crippen LogP contribution is 2.06. The van der Waals surface area contributed by atoms with Gasteiger partial charge in [-0.2, -0.15) is 5.26 Å². The Bertz CT molecular complexity index is 200. The molecule has 0 spiro atoms. The molecule has 0 radical (unpaired) electrons. The molecule has 0 saturated heterocycles. The highest BCUT2D eigenvalue weighted by atomic mass is 16.1. The number of hydrogen-bond donors (Lipinski definition) is 1. The summed E-state index contributed by atoms with van der Waals surface area (Å²) in [6.45, 7) is 0. The third kappa shape index (κ3) is 1.29. The molecule has 1 aliphatic rings. The molecule has 1 rings (SSSR count). The largest absolute Gasteiger partial charge is 0.332 e. The minimum atomic E-state index is -0.00556. The summed E-state index contributed by atoms with van der Waals surface area (Å²) in [7, 11) is 0. The Morgan fingerprint density at radius 1 is 1.67 bits per heavy atom. The minimum absolute atomic E-state index is 0.00556. The smallest absolute Gasteiger partial charge is 0.224 e. The molecule has 1 N–H and O–H groups in total. The Morgan fingerprint density at radius 2 is 2.44 bits per heavy atom. The average molecular weight is 122 g/mol. The summed E-state index contributed by atoms with van der Waals surface area (Å²) < 4.78 is 0. The quantitative estimate of drug-likeness (QED) is 0.502. The summed E-state index contributed by atoms with van der Waals surface area (Å²) in [5.41, 5.74) is 0.648. The lowest BCUT2D eigenvalue weighted by Crippen LogP contribution is -2.21. The molecule has 0 fully saturated rings. The third-order valence-corrected chi connectivity index (χ3v) is 1.17. The van der Waals surface area contributed by atoms with Gasteiger partial charge in [0.05, 0.1) is 6.07 Å². The predicted octanol–water partition coefficient (Wildman–Crippen LogP) is 0.304. The lowest BCUT2D eigenvalue weighted by Gasteiger charge is -2.05. The van der Waals surface area contributed by atoms with Gasteiger partial charge in [0, 0.05) is 18.2 Å². The maximum Gasteiger partial charge on any atom is 0.224 e. The van der Waals surface area contributed by atoms with E-state index in [1.165, 1.54) is 6.20 Å². The van der Waals surface area contributed by atoms with Gasteiger partial charge in [0.1, 0.15) is 0 Å². The van der Waals surface area contributed by atoms with Crippen LogP contribution in [0.25, 0.3) is 0 Å². The summed E-state index contributed by atoms with van der Waals surface area (Å²) in [5.74, 6) is -0.00556. The maximum atomic E-state index is 10.5. The fourth-order valence-corrected chi connectivity index (χ4v) is 0.648. The Labute approximate surface area is 53.0 Å². The lowest BCUT2D eigenvalue weighted by molar-refractivity contribution is -0.120. The molecule has 0 aromatic carbocycles. The molecule has 0 atom stereocenters. The molecule has 1 heterocycles. The van der Waals surface area contributed by atoms with E-state index in [-0.39, 0.29) is 5.91 Å². The molecular weight excluding hydrogens is 116 g/mol. The van der Waals surface area contributed by atoms with E-state index < -0.39 is 0 Å². The predicted molar refractivity (Wildman–Crippen MR) is 31.1 cm³/mol. The standard InChI is InChI=1S/C6H6N2O/c7-3-5-1-2-6(9)8-4-5/h4H,1-2H2,(H,8,9). The Kier molecular flexibility index (Phi) is 1.50. The maximum absolute atomic E-state index is 10.5. The molecular formula is C6H6N2O. The Hall–Kier alpha value is -1.30. The average Bonchev–Trinajstić information content (AvgIpc) is 1.90. The molecule has 46 valence electrons. The van der Waals surface area contributed by atoms with Crippen LogP contribution in [0.1, 0.15) is 12.8 Å². The van der Waals surface area contributed by atoms with Gasteiger partial charge in [-0.25, -0.2) is 0 Å². The van der Waals surface area contributed by atoms with Crippen LogP contribution >= 0.6 is 0 Å². The zero-order valence-electron chi connectivity index (χ0n) is 4.85. The summed E-state index contributed by atoms with van der Waals surface area (Å²) in [6, 6.07) is 1.97. The number of nitrogens with zero attached hydrogens (tertiary/aromatic N) is 1. The van der Waals surface area contributed by atoms with Crippen molar-refractivity contribution < 1.29 is 4.79 Å². The van der Waals surface area contributed by atoms with Crippen molar-refractivity contribution in [3.05, 3.63) is 11.8 Å². The highest BCUT2D eigenvalue weighted by molar-refractivity contribution is 5.78. The van der Waals surface area contributed by atoms with Crippen LogP contribution in [0.4, 0.5) is 0 Å². The second-order valence-corrected chi connectivity index (χ2v) is 1.85. The monoisotopic (exact) mass is 122 g/mol. The van der Waals surface area contributed by atoms with E-state index >= 15 is 0 Å². The van der Waals surface area contributed by atoms with Gasteiger partial charge in [-0.15, -0.1) is 0 Å². The van der Waals surface area contributed by atoms with Crippen molar-refractivity contribution in [1.82, 2.24) is 5.32 Å². The zero-order chi connectivity index (χ0) is 6.69. The lowest BCUT2D eigenvalue weighted by atomic mass is 10.1. The van der Waals surface area contributed by atoms with Crippen LogP contribution in [0, 0.1) is 11.3 Å². The summed E-state index contributed by atoms with van der Waals surface area (Å²) in [5, 5.41) is 10.8. The molecule has 0 aromatic heterocycles. The van der Waals surface area contributed by atoms with Crippen molar-refractivity contribution in [1.29, 1.82) is 5.26 Å². The van der Waals surface area contributed by atoms with Crippen molar-refractivity contribution in [2.75, 3.05) is 0 Å². The van der Waals surface area contributed by atoms with Gasteiger partial charge < -0.3 is 5.32 Å². The molecule has 0 bridgehead atoms. The van der Waals surface area contributed by atoms with E-state index in [2.05, 4.69) is 5.32 Å². The number of carbonyl (C=O) groups is 1. The van der Waals surface area contributed by atoms with Crippen LogP contribution in [0.3, 0.4) is 0 Å². The van der Waals surface area contributed by atoms with Gasteiger partial charge in [0.25, 0.3) is 0 Å². The number of nitriles is 1. The minimum Gasteiger partial charge on any atom is -0.332 e. The van der Waals surface area contributed by atoms with Gasteiger partial charge in [0.15, 0.2) is 0 Å². The Morgan fingerprint density at radius 3 is 2.89 bits per heavy atom. The highest BCUT2D eigenvalue weighted by Gasteiger charge is 2.07. The summed E-state index contributed by atoms with van der Waals surface area (Å²) >= 11 is 0. The fraction of sp³-hybridized carbons (Fsp3) is 0.333. The van der Waals surface area contributed by atoms with E-state index in [1.807, 2.05) is 6.07 Å². The number of nitrogens with one attached hydrogen (secondary N) is 1. The molecule has 0 unspecified atom stereocenters. The van der Waals surface area contributed by atoms with E-state index in [1.54, 1.807) is 0 Å². The molecule has 1 aliphatic heterocycles. The van der Waals surface area contributed by atoms with Gasteiger partial charge in [-0.05, 0) is 6.42 Å². The first-order chi connectivity index (χ1) is 4.33. The second-order valence-electron chi connectivity index (χ2n) is 1.85. The molecule has 1 amide bonds. The van der Waals surface area contributed by atoms with Crippen molar-refractivity contribution >= 4 is 5.91 Å². The van der Waals surface area contributed by atoms with Crippen LogP contribution in [0.2, 0.25) is 0 Å². The molecule has 0 saturated carbocycles. The van der Waals surface area contributed by atoms with Gasteiger partial charge in [0.2, 0.25) is 5.91 Å². The summed E-state index contributed by atoms with van der Waals surface area (Å²) in [6.07, 6.45) is 2.49. The first-order valence-electron chi connectivity index (χ1n) is 2.71. The van der Waals surface area contributed by atoms with Crippen LogP contribution in [0.15, 0.2) is 11.8 Å². The van der Waals surface area contributed by atoms with E-state index in [9.17, 15) is 4.79 Å². The first kappa shape index (κ1) is 5.83. The Balaban J connectivity index is 2.63. The number of rotatable bonds is 0. The zero-order valence-corrected chi connectivity index (χ0v) is 4.85. The van der Waals surface area contributed by atoms with E-state index in [4.69, 9.17) is 5.26 Å². The van der Waals surface area contributed by atoms with Crippen molar-refractivity contribution in [3.63, 3.8) is 0 Å². The fourth-order valence-electron chi connectivity index (χ4n) is 0.648. The van der Waals surface area contributed by atoms with Crippen molar-refractivity contribution in [3.8, 4) is 6.07 Å². The second kappa shape index (κ2) is 2.31. The molecule has 0 aliphatic carbocycles. The third-order valence-electron chi connectivity index (χ3n) is 1.17. The number of carbonyl (C=O) groups excluding carboxylic acids is 1. The van der Waals surface area contributed by atoms with E-state index in [0.717, 1.165) is 0 Å².